The molecule has 0 saturated carbocycles. The Morgan fingerprint density at radius 3 is 0.961 bits per heavy atom. The van der Waals surface area contributed by atoms with Gasteiger partial charge in [-0.1, -0.05) is 146 Å². The second-order valence-electron chi connectivity index (χ2n) is 20.6. The highest BCUT2D eigenvalue weighted by atomic mass is 16.5. The van der Waals surface area contributed by atoms with Gasteiger partial charge in [0.2, 0.25) is 0 Å². The van der Waals surface area contributed by atoms with Crippen molar-refractivity contribution in [3.05, 3.63) is 274 Å². The Morgan fingerprint density at radius 1 is 0.260 bits per heavy atom. The zero-order chi connectivity index (χ0) is 52.6. The lowest BCUT2D eigenvalue weighted by molar-refractivity contribution is 0.472. The minimum atomic E-state index is 0.610. The zero-order valence-corrected chi connectivity index (χ0v) is 44.5. The van der Waals surface area contributed by atoms with E-state index in [1.54, 1.807) is 0 Å². The fraction of sp³-hybridized carbons (Fsp3) is 0.123. The molecule has 0 unspecified atom stereocenters. The molecule has 12 aromatic carbocycles. The standard InChI is InChI=1S/C73H60O4/c1-46-23-33-58(41-50(46)5)74-68-37-29-52-15-7-11-19-62(52)66(68)45-67-63-20-12-8-16-53(63)30-38-69(67)75-60-35-25-48(3)56(43-60)27-28-57-44-61(36-26-49(57)4)77-71-40-32-55-18-10-14-22-65(55)73(71)72-64-21-13-9-17-54(64)31-39-70(72)76-59-34-24-47(2)51(6)42-59/h7-26,29-44H,27-28,45H2,1-6H3. The molecule has 0 spiro atoms. The smallest absolute Gasteiger partial charge is 0.136 e. The fourth-order valence-corrected chi connectivity index (χ4v) is 10.8. The maximum atomic E-state index is 7.09. The van der Waals surface area contributed by atoms with Gasteiger partial charge in [-0.05, 0) is 215 Å². The van der Waals surface area contributed by atoms with Gasteiger partial charge in [-0.2, -0.15) is 0 Å². The summed E-state index contributed by atoms with van der Waals surface area (Å²) in [7, 11) is 0. The molecule has 376 valence electrons. The maximum Gasteiger partial charge on any atom is 0.136 e. The average Bonchev–Trinajstić information content (AvgIpc) is 3.49. The second kappa shape index (κ2) is 20.9. The van der Waals surface area contributed by atoms with Crippen LogP contribution in [0.15, 0.2) is 218 Å². The number of rotatable bonds is 14. The van der Waals surface area contributed by atoms with Crippen LogP contribution in [0.1, 0.15) is 55.6 Å². The third kappa shape index (κ3) is 9.99. The first-order valence-corrected chi connectivity index (χ1v) is 26.7. The highest BCUT2D eigenvalue weighted by Crippen LogP contribution is 2.48. The molecule has 0 saturated heterocycles. The molecule has 0 heterocycles. The molecule has 12 rings (SSSR count). The number of benzene rings is 12. The molecule has 0 atom stereocenters. The van der Waals surface area contributed by atoms with Crippen LogP contribution < -0.4 is 18.9 Å². The lowest BCUT2D eigenvalue weighted by atomic mass is 9.92. The molecule has 4 heteroatoms. The summed E-state index contributed by atoms with van der Waals surface area (Å²) >= 11 is 0. The third-order valence-corrected chi connectivity index (χ3v) is 15.6. The maximum absolute atomic E-state index is 7.09. The number of hydrogen-bond donors (Lipinski definition) is 0. The molecular weight excluding hydrogens is 941 g/mol. The summed E-state index contributed by atoms with van der Waals surface area (Å²) < 4.78 is 27.7. The Bertz CT molecular complexity index is 4220. The number of ether oxygens (including phenoxy) is 4. The number of aryl methyl sites for hydroxylation is 8. The summed E-state index contributed by atoms with van der Waals surface area (Å²) in [6.07, 6.45) is 2.25. The van der Waals surface area contributed by atoms with E-state index < -0.39 is 0 Å². The van der Waals surface area contributed by atoms with Crippen molar-refractivity contribution in [2.75, 3.05) is 0 Å². The van der Waals surface area contributed by atoms with Gasteiger partial charge in [-0.3, -0.25) is 0 Å². The summed E-state index contributed by atoms with van der Waals surface area (Å²) in [6, 6.07) is 76.9. The summed E-state index contributed by atoms with van der Waals surface area (Å²) in [6.45, 7) is 12.9. The molecule has 77 heavy (non-hydrogen) atoms. The summed E-state index contributed by atoms with van der Waals surface area (Å²) in [5.41, 5.74) is 14.0. The average molecular weight is 1000 g/mol. The quantitative estimate of drug-likeness (QED) is 0.109. The van der Waals surface area contributed by atoms with E-state index in [-0.39, 0.29) is 0 Å². The van der Waals surface area contributed by atoms with Gasteiger partial charge >= 0.3 is 0 Å². The molecule has 0 aliphatic carbocycles. The van der Waals surface area contributed by atoms with E-state index in [4.69, 9.17) is 18.9 Å². The largest absolute Gasteiger partial charge is 0.457 e. The van der Waals surface area contributed by atoms with Crippen molar-refractivity contribution >= 4 is 43.1 Å². The molecule has 0 radical (unpaired) electrons. The molecule has 12 aromatic rings. The molecule has 0 aromatic heterocycles. The van der Waals surface area contributed by atoms with Crippen LogP contribution in [0.25, 0.3) is 54.2 Å². The van der Waals surface area contributed by atoms with Gasteiger partial charge in [0, 0.05) is 28.7 Å². The lowest BCUT2D eigenvalue weighted by Crippen LogP contribution is -2.01. The Labute approximate surface area is 451 Å². The monoisotopic (exact) mass is 1000 g/mol. The molecule has 0 aliphatic rings. The van der Waals surface area contributed by atoms with Crippen molar-refractivity contribution in [3.8, 4) is 57.1 Å². The molecular formula is C73H60O4. The highest BCUT2D eigenvalue weighted by molar-refractivity contribution is 6.10. The van der Waals surface area contributed by atoms with Crippen molar-refractivity contribution in [2.45, 2.75) is 60.8 Å². The van der Waals surface area contributed by atoms with E-state index in [0.29, 0.717) is 6.42 Å². The first-order valence-electron chi connectivity index (χ1n) is 26.7. The van der Waals surface area contributed by atoms with Crippen molar-refractivity contribution < 1.29 is 18.9 Å². The van der Waals surface area contributed by atoms with Crippen LogP contribution in [0.2, 0.25) is 0 Å². The molecule has 0 amide bonds. The van der Waals surface area contributed by atoms with E-state index in [1.165, 1.54) is 49.9 Å². The highest BCUT2D eigenvalue weighted by Gasteiger charge is 2.22. The van der Waals surface area contributed by atoms with Crippen molar-refractivity contribution in [1.29, 1.82) is 0 Å². The van der Waals surface area contributed by atoms with Gasteiger partial charge in [-0.15, -0.1) is 0 Å². The number of fused-ring (bicyclic) bond motifs is 4. The Morgan fingerprint density at radius 2 is 0.571 bits per heavy atom. The van der Waals surface area contributed by atoms with E-state index in [0.717, 1.165) is 119 Å². The summed E-state index contributed by atoms with van der Waals surface area (Å²) in [5.74, 6) is 6.41. The molecule has 0 bridgehead atoms. The van der Waals surface area contributed by atoms with E-state index in [2.05, 4.69) is 260 Å². The van der Waals surface area contributed by atoms with Crippen LogP contribution in [-0.4, -0.2) is 0 Å². The van der Waals surface area contributed by atoms with Gasteiger partial charge in [0.15, 0.2) is 0 Å². The van der Waals surface area contributed by atoms with Crippen molar-refractivity contribution in [3.63, 3.8) is 0 Å². The van der Waals surface area contributed by atoms with Gasteiger partial charge in [-0.25, -0.2) is 0 Å². The molecule has 0 fully saturated rings. The van der Waals surface area contributed by atoms with Crippen LogP contribution in [0.5, 0.6) is 46.0 Å². The topological polar surface area (TPSA) is 36.9 Å². The van der Waals surface area contributed by atoms with Gasteiger partial charge in [0.05, 0.1) is 0 Å². The SMILES string of the molecule is Cc1ccc(Oc2ccc3ccccc3c2Cc2c(Oc3ccc(C)c(CCc4cc(Oc5ccc6ccccc6c5-c5c(Oc6ccc(C)c(C)c6)ccc6ccccc56)ccc4C)c3)ccc3ccccc23)cc1C. The van der Waals surface area contributed by atoms with Crippen LogP contribution in [-0.2, 0) is 19.3 Å². The minimum absolute atomic E-state index is 0.610. The first kappa shape index (κ1) is 48.8. The fourth-order valence-electron chi connectivity index (χ4n) is 10.8. The van der Waals surface area contributed by atoms with Crippen LogP contribution in [0.3, 0.4) is 0 Å². The van der Waals surface area contributed by atoms with Gasteiger partial charge in [0.1, 0.15) is 46.0 Å². The summed E-state index contributed by atoms with van der Waals surface area (Å²) in [4.78, 5) is 0. The Hall–Kier alpha value is -9.12. The molecule has 0 N–H and O–H groups in total. The third-order valence-electron chi connectivity index (χ3n) is 15.6. The lowest BCUT2D eigenvalue weighted by Gasteiger charge is -2.20. The van der Waals surface area contributed by atoms with Crippen molar-refractivity contribution in [1.82, 2.24) is 0 Å². The van der Waals surface area contributed by atoms with Crippen LogP contribution >= 0.6 is 0 Å². The minimum Gasteiger partial charge on any atom is -0.457 e. The Kier molecular flexibility index (Phi) is 13.2. The van der Waals surface area contributed by atoms with E-state index in [9.17, 15) is 0 Å². The Balaban J connectivity index is 0.851. The normalized spacial score (nSPS) is 11.4. The molecule has 4 nitrogen and oxygen atoms in total. The first-order chi connectivity index (χ1) is 37.6. The predicted molar refractivity (Wildman–Crippen MR) is 319 cm³/mol. The summed E-state index contributed by atoms with van der Waals surface area (Å²) in [5, 5.41) is 9.08. The molecule has 0 aliphatic heterocycles. The van der Waals surface area contributed by atoms with E-state index in [1.807, 2.05) is 0 Å². The number of hydrogen-bond acceptors (Lipinski definition) is 4. The zero-order valence-electron chi connectivity index (χ0n) is 44.5. The van der Waals surface area contributed by atoms with Gasteiger partial charge < -0.3 is 18.9 Å². The second-order valence-corrected chi connectivity index (χ2v) is 20.6. The predicted octanol–water partition coefficient (Wildman–Crippen LogP) is 20.4. The van der Waals surface area contributed by atoms with Crippen LogP contribution in [0.4, 0.5) is 0 Å². The van der Waals surface area contributed by atoms with Gasteiger partial charge in [0.25, 0.3) is 0 Å². The van der Waals surface area contributed by atoms with E-state index >= 15 is 0 Å². The van der Waals surface area contributed by atoms with Crippen molar-refractivity contribution in [2.24, 2.45) is 0 Å². The van der Waals surface area contributed by atoms with Crippen LogP contribution in [0, 0.1) is 41.5 Å².